The summed E-state index contributed by atoms with van der Waals surface area (Å²) < 4.78 is 18.7. The van der Waals surface area contributed by atoms with Gasteiger partial charge in [0.2, 0.25) is 0 Å². The van der Waals surface area contributed by atoms with Crippen LogP contribution in [0.4, 0.5) is 4.39 Å². The Bertz CT molecular complexity index is 386. The number of ether oxygens (including phenoxy) is 1. The summed E-state index contributed by atoms with van der Waals surface area (Å²) in [4.78, 5) is 0. The van der Waals surface area contributed by atoms with Gasteiger partial charge in [-0.1, -0.05) is 12.5 Å². The molecule has 2 nitrogen and oxygen atoms in total. The minimum Gasteiger partial charge on any atom is -0.496 e. The van der Waals surface area contributed by atoms with Gasteiger partial charge >= 0.3 is 0 Å². The van der Waals surface area contributed by atoms with E-state index in [9.17, 15) is 4.39 Å². The van der Waals surface area contributed by atoms with Crippen molar-refractivity contribution in [1.29, 1.82) is 0 Å². The van der Waals surface area contributed by atoms with Crippen LogP contribution in [0.15, 0.2) is 18.2 Å². The standard InChI is InChI=1S/C15H22FNO/c1-11(16)12-6-7-15(18-2)13(9-12)10-14-5-3-4-8-17-14/h6-7,9,11,14,17H,3-5,8,10H2,1-2H3. The van der Waals surface area contributed by atoms with E-state index in [4.69, 9.17) is 4.74 Å². The highest BCUT2D eigenvalue weighted by molar-refractivity contribution is 5.38. The highest BCUT2D eigenvalue weighted by Crippen LogP contribution is 2.27. The zero-order valence-corrected chi connectivity index (χ0v) is 11.2. The van der Waals surface area contributed by atoms with Crippen LogP contribution < -0.4 is 10.1 Å². The van der Waals surface area contributed by atoms with Gasteiger partial charge in [-0.2, -0.15) is 0 Å². The third-order valence-corrected chi connectivity index (χ3v) is 3.64. The van der Waals surface area contributed by atoms with E-state index < -0.39 is 6.17 Å². The lowest BCUT2D eigenvalue weighted by Crippen LogP contribution is -2.35. The van der Waals surface area contributed by atoms with Gasteiger partial charge in [0.05, 0.1) is 7.11 Å². The Balaban J connectivity index is 2.15. The molecular formula is C15H22FNO. The van der Waals surface area contributed by atoms with Crippen molar-refractivity contribution in [1.82, 2.24) is 5.32 Å². The Morgan fingerprint density at radius 2 is 2.28 bits per heavy atom. The van der Waals surface area contributed by atoms with Gasteiger partial charge in [-0.15, -0.1) is 0 Å². The summed E-state index contributed by atoms with van der Waals surface area (Å²) >= 11 is 0. The number of hydrogen-bond donors (Lipinski definition) is 1. The molecule has 2 rings (SSSR count). The lowest BCUT2D eigenvalue weighted by molar-refractivity contribution is 0.368. The molecule has 0 aromatic heterocycles. The third kappa shape index (κ3) is 3.22. The van der Waals surface area contributed by atoms with Crippen LogP contribution in [-0.4, -0.2) is 19.7 Å². The summed E-state index contributed by atoms with van der Waals surface area (Å²) in [5.41, 5.74) is 1.85. The number of piperidine rings is 1. The van der Waals surface area contributed by atoms with E-state index in [2.05, 4.69) is 5.32 Å². The first-order valence-electron chi connectivity index (χ1n) is 6.75. The first-order chi connectivity index (χ1) is 8.70. The first-order valence-corrected chi connectivity index (χ1v) is 6.75. The van der Waals surface area contributed by atoms with Crippen LogP contribution in [0, 0.1) is 0 Å². The monoisotopic (exact) mass is 251 g/mol. The minimum atomic E-state index is -0.922. The second-order valence-electron chi connectivity index (χ2n) is 5.04. The number of benzene rings is 1. The summed E-state index contributed by atoms with van der Waals surface area (Å²) in [5, 5.41) is 3.52. The van der Waals surface area contributed by atoms with Crippen LogP contribution in [0.25, 0.3) is 0 Å². The number of rotatable bonds is 4. The van der Waals surface area contributed by atoms with Gasteiger partial charge in [-0.05, 0) is 56.0 Å². The Hall–Kier alpha value is -1.09. The van der Waals surface area contributed by atoms with Gasteiger partial charge in [0.25, 0.3) is 0 Å². The van der Waals surface area contributed by atoms with E-state index in [1.807, 2.05) is 12.1 Å². The van der Waals surface area contributed by atoms with Crippen molar-refractivity contribution < 1.29 is 9.13 Å². The lowest BCUT2D eigenvalue weighted by Gasteiger charge is -2.24. The first kappa shape index (κ1) is 13.3. The molecular weight excluding hydrogens is 229 g/mol. The van der Waals surface area contributed by atoms with Crippen molar-refractivity contribution in [3.63, 3.8) is 0 Å². The Kier molecular flexibility index (Phi) is 4.59. The molecule has 1 N–H and O–H groups in total. The molecule has 0 bridgehead atoms. The van der Waals surface area contributed by atoms with E-state index in [1.54, 1.807) is 20.1 Å². The average molecular weight is 251 g/mol. The maximum Gasteiger partial charge on any atom is 0.122 e. The second kappa shape index (κ2) is 6.19. The molecule has 3 heteroatoms. The van der Waals surface area contributed by atoms with Gasteiger partial charge in [-0.25, -0.2) is 4.39 Å². The molecule has 0 radical (unpaired) electrons. The highest BCUT2D eigenvalue weighted by Gasteiger charge is 2.16. The molecule has 1 aromatic carbocycles. The zero-order valence-electron chi connectivity index (χ0n) is 11.2. The van der Waals surface area contributed by atoms with E-state index in [1.165, 1.54) is 19.3 Å². The van der Waals surface area contributed by atoms with Crippen molar-refractivity contribution in [3.05, 3.63) is 29.3 Å². The summed E-state index contributed by atoms with van der Waals surface area (Å²) in [7, 11) is 1.67. The second-order valence-corrected chi connectivity index (χ2v) is 5.04. The predicted octanol–water partition coefficient (Wildman–Crippen LogP) is 3.41. The molecule has 1 saturated heterocycles. The van der Waals surface area contributed by atoms with Crippen LogP contribution in [0.5, 0.6) is 5.75 Å². The van der Waals surface area contributed by atoms with E-state index in [0.717, 1.165) is 29.8 Å². The van der Waals surface area contributed by atoms with E-state index >= 15 is 0 Å². The number of alkyl halides is 1. The van der Waals surface area contributed by atoms with Crippen molar-refractivity contribution in [2.45, 2.75) is 44.8 Å². The van der Waals surface area contributed by atoms with Crippen LogP contribution >= 0.6 is 0 Å². The Morgan fingerprint density at radius 3 is 2.89 bits per heavy atom. The van der Waals surface area contributed by atoms with Gasteiger partial charge in [0.15, 0.2) is 0 Å². The number of hydrogen-bond acceptors (Lipinski definition) is 2. The molecule has 100 valence electrons. The predicted molar refractivity (Wildman–Crippen MR) is 71.9 cm³/mol. The molecule has 1 aromatic rings. The highest BCUT2D eigenvalue weighted by atomic mass is 19.1. The van der Waals surface area contributed by atoms with Crippen molar-refractivity contribution in [2.24, 2.45) is 0 Å². The van der Waals surface area contributed by atoms with E-state index in [0.29, 0.717) is 6.04 Å². The van der Waals surface area contributed by atoms with Crippen molar-refractivity contribution in [3.8, 4) is 5.75 Å². The number of nitrogens with one attached hydrogen (secondary N) is 1. The molecule has 0 spiro atoms. The van der Waals surface area contributed by atoms with Crippen molar-refractivity contribution in [2.75, 3.05) is 13.7 Å². The van der Waals surface area contributed by atoms with Crippen LogP contribution in [0.2, 0.25) is 0 Å². The summed E-state index contributed by atoms with van der Waals surface area (Å²) in [6, 6.07) is 6.13. The summed E-state index contributed by atoms with van der Waals surface area (Å²) in [6.45, 7) is 2.66. The fraction of sp³-hybridized carbons (Fsp3) is 0.600. The molecule has 18 heavy (non-hydrogen) atoms. The molecule has 1 aliphatic heterocycles. The third-order valence-electron chi connectivity index (χ3n) is 3.64. The largest absolute Gasteiger partial charge is 0.496 e. The van der Waals surface area contributed by atoms with Gasteiger partial charge in [0, 0.05) is 6.04 Å². The molecule has 0 aliphatic carbocycles. The average Bonchev–Trinajstić information content (AvgIpc) is 2.39. The number of halogens is 1. The summed E-state index contributed by atoms with van der Waals surface area (Å²) in [6.07, 6.45) is 3.73. The SMILES string of the molecule is COc1ccc(C(C)F)cc1CC1CCCCN1. The maximum absolute atomic E-state index is 13.4. The quantitative estimate of drug-likeness (QED) is 0.885. The lowest BCUT2D eigenvalue weighted by atomic mass is 9.95. The zero-order chi connectivity index (χ0) is 13.0. The molecule has 0 saturated carbocycles. The van der Waals surface area contributed by atoms with Crippen LogP contribution in [-0.2, 0) is 6.42 Å². The Morgan fingerprint density at radius 1 is 1.44 bits per heavy atom. The van der Waals surface area contributed by atoms with Gasteiger partial charge < -0.3 is 10.1 Å². The fourth-order valence-corrected chi connectivity index (χ4v) is 2.57. The van der Waals surface area contributed by atoms with Crippen LogP contribution in [0.1, 0.15) is 43.5 Å². The minimum absolute atomic E-state index is 0.498. The molecule has 2 unspecified atom stereocenters. The molecule has 1 heterocycles. The smallest absolute Gasteiger partial charge is 0.122 e. The van der Waals surface area contributed by atoms with Gasteiger partial charge in [-0.3, -0.25) is 0 Å². The summed E-state index contributed by atoms with van der Waals surface area (Å²) in [5.74, 6) is 0.867. The molecule has 1 aliphatic rings. The number of methoxy groups -OCH3 is 1. The molecule has 0 amide bonds. The van der Waals surface area contributed by atoms with Crippen molar-refractivity contribution >= 4 is 0 Å². The normalized spacial score (nSPS) is 21.6. The molecule has 2 atom stereocenters. The van der Waals surface area contributed by atoms with E-state index in [-0.39, 0.29) is 0 Å². The Labute approximate surface area is 109 Å². The molecule has 1 fully saturated rings. The van der Waals surface area contributed by atoms with Crippen LogP contribution in [0.3, 0.4) is 0 Å². The van der Waals surface area contributed by atoms with Gasteiger partial charge in [0.1, 0.15) is 11.9 Å². The fourth-order valence-electron chi connectivity index (χ4n) is 2.57. The topological polar surface area (TPSA) is 21.3 Å². The maximum atomic E-state index is 13.4.